The van der Waals surface area contributed by atoms with E-state index in [-0.39, 0.29) is 60.6 Å². The van der Waals surface area contributed by atoms with Crippen LogP contribution >= 0.6 is 11.8 Å². The summed E-state index contributed by atoms with van der Waals surface area (Å²) in [5.41, 5.74) is 1.37. The predicted molar refractivity (Wildman–Crippen MR) is 187 cm³/mol. The van der Waals surface area contributed by atoms with E-state index in [4.69, 9.17) is 5.10 Å². The number of nitrogens with zero attached hydrogens (tertiary/aromatic N) is 5. The first-order chi connectivity index (χ1) is 24.3. The zero-order valence-electron chi connectivity index (χ0n) is 29.0. The van der Waals surface area contributed by atoms with Crippen LogP contribution < -0.4 is 10.6 Å². The first-order valence-corrected chi connectivity index (χ1v) is 20.7. The fourth-order valence-electron chi connectivity index (χ4n) is 7.73. The predicted octanol–water partition coefficient (Wildman–Crippen LogP) is 2.54. The number of amides is 2. The lowest BCUT2D eigenvalue weighted by molar-refractivity contribution is -0.139. The van der Waals surface area contributed by atoms with E-state index in [0.717, 1.165) is 88.1 Å². The number of rotatable bonds is 12. The molecule has 1 aromatic heterocycles. The van der Waals surface area contributed by atoms with Crippen LogP contribution in [0.2, 0.25) is 0 Å². The lowest BCUT2D eigenvalue weighted by atomic mass is 9.99. The van der Waals surface area contributed by atoms with Gasteiger partial charge in [-0.1, -0.05) is 6.07 Å². The third kappa shape index (κ3) is 9.27. The highest BCUT2D eigenvalue weighted by atomic mass is 32.2. The summed E-state index contributed by atoms with van der Waals surface area (Å²) in [6, 6.07) is 4.07. The summed E-state index contributed by atoms with van der Waals surface area (Å²) in [5.74, 6) is 0.190. The van der Waals surface area contributed by atoms with Crippen LogP contribution in [0.5, 0.6) is 0 Å². The Kier molecular flexibility index (Phi) is 12.0. The molecule has 51 heavy (non-hydrogen) atoms. The average molecular weight is 756 g/mol. The highest BCUT2D eigenvalue weighted by Gasteiger charge is 2.36. The Morgan fingerprint density at radius 3 is 2.57 bits per heavy atom. The number of benzene rings is 1. The van der Waals surface area contributed by atoms with Crippen molar-refractivity contribution in [1.82, 2.24) is 34.5 Å². The highest BCUT2D eigenvalue weighted by molar-refractivity contribution is 7.99. The van der Waals surface area contributed by atoms with Crippen LogP contribution in [0.4, 0.5) is 13.2 Å². The van der Waals surface area contributed by atoms with E-state index in [1.807, 2.05) is 4.90 Å². The number of piperidine rings is 2. The quantitative estimate of drug-likeness (QED) is 0.221. The van der Waals surface area contributed by atoms with Crippen molar-refractivity contribution in [2.24, 2.45) is 5.92 Å². The van der Waals surface area contributed by atoms with Gasteiger partial charge in [-0.25, -0.2) is 8.42 Å². The molecule has 0 saturated carbocycles. The van der Waals surface area contributed by atoms with Crippen LogP contribution in [0, 0.1) is 5.92 Å². The standard InChI is InChI=1S/C34H48F3N7O5S2/c1-51(48,49)42-16-10-29-27(22-42)32(40-44(29)21-26(45)20-41-14-8-25(9-15-41)43-13-3-5-31(43)46)23-6-7-28(34(35,36)37)30(18-23)50-17-12-39-33(47)24-4-2-11-38-19-24/h6-7,18,24-26,38,45H,2-5,8-17,19-22H2,1H3,(H,39,47). The van der Waals surface area contributed by atoms with E-state index in [1.54, 1.807) is 4.68 Å². The lowest BCUT2D eigenvalue weighted by Crippen LogP contribution is -2.47. The Morgan fingerprint density at radius 2 is 1.90 bits per heavy atom. The van der Waals surface area contributed by atoms with Crippen LogP contribution in [0.3, 0.4) is 0 Å². The SMILES string of the molecule is CS(=O)(=O)N1CCc2c(c(-c3ccc(C(F)(F)F)c(SCCNC(=O)C4CCCNC4)c3)nn2CC(O)CN2CCC(N3CCCC3=O)CC2)C1. The molecule has 17 heteroatoms. The lowest BCUT2D eigenvalue weighted by Gasteiger charge is -2.37. The monoisotopic (exact) mass is 755 g/mol. The number of carbonyl (C=O) groups is 2. The molecule has 4 aliphatic heterocycles. The minimum absolute atomic E-state index is 0.00766. The van der Waals surface area contributed by atoms with Gasteiger partial charge in [0.2, 0.25) is 21.8 Å². The molecule has 5 heterocycles. The van der Waals surface area contributed by atoms with Crippen molar-refractivity contribution in [3.8, 4) is 11.3 Å². The summed E-state index contributed by atoms with van der Waals surface area (Å²) in [5, 5.41) is 22.1. The molecule has 0 bridgehead atoms. The summed E-state index contributed by atoms with van der Waals surface area (Å²) in [4.78, 5) is 28.9. The van der Waals surface area contributed by atoms with Crippen molar-refractivity contribution >= 4 is 33.6 Å². The second kappa shape index (κ2) is 16.1. The van der Waals surface area contributed by atoms with Gasteiger partial charge in [0, 0.05) is 98.7 Å². The summed E-state index contributed by atoms with van der Waals surface area (Å²) < 4.78 is 70.5. The number of hydrogen-bond donors (Lipinski definition) is 3. The molecule has 0 radical (unpaired) electrons. The molecule has 0 aliphatic carbocycles. The number of aliphatic hydroxyl groups excluding tert-OH is 1. The molecule has 6 rings (SSSR count). The molecule has 282 valence electrons. The van der Waals surface area contributed by atoms with E-state index >= 15 is 0 Å². The van der Waals surface area contributed by atoms with E-state index in [9.17, 15) is 36.3 Å². The zero-order chi connectivity index (χ0) is 36.3. The Labute approximate surface area is 301 Å². The number of β-amino-alcohol motifs (C(OH)–C–C–N with tert-alkyl or cyclic N) is 1. The van der Waals surface area contributed by atoms with Crippen molar-refractivity contribution in [2.45, 2.75) is 81.3 Å². The summed E-state index contributed by atoms with van der Waals surface area (Å²) in [6.45, 7) is 4.78. The minimum Gasteiger partial charge on any atom is -0.390 e. The van der Waals surface area contributed by atoms with Crippen LogP contribution in [0.15, 0.2) is 23.1 Å². The number of alkyl halides is 3. The third-order valence-corrected chi connectivity index (χ3v) is 12.7. The number of likely N-dealkylation sites (tertiary alicyclic amines) is 2. The maximum absolute atomic E-state index is 14.1. The zero-order valence-corrected chi connectivity index (χ0v) is 30.6. The van der Waals surface area contributed by atoms with Gasteiger partial charge < -0.3 is 25.5 Å². The molecular formula is C34H48F3N7O5S2. The number of carbonyl (C=O) groups excluding carboxylic acids is 2. The molecule has 2 aromatic rings. The smallest absolute Gasteiger partial charge is 0.390 e. The fourth-order valence-corrected chi connectivity index (χ4v) is 9.49. The molecule has 1 aromatic carbocycles. The first kappa shape index (κ1) is 38.0. The second-order valence-electron chi connectivity index (χ2n) is 14.1. The maximum Gasteiger partial charge on any atom is 0.417 e. The van der Waals surface area contributed by atoms with Crippen molar-refractivity contribution in [3.05, 3.63) is 35.0 Å². The molecule has 2 atom stereocenters. The van der Waals surface area contributed by atoms with Crippen LogP contribution in [0.25, 0.3) is 11.3 Å². The average Bonchev–Trinajstić information content (AvgIpc) is 3.69. The molecular weight excluding hydrogens is 708 g/mol. The molecule has 0 spiro atoms. The molecule has 12 nitrogen and oxygen atoms in total. The minimum atomic E-state index is -4.60. The van der Waals surface area contributed by atoms with Gasteiger partial charge in [-0.2, -0.15) is 22.6 Å². The van der Waals surface area contributed by atoms with E-state index in [0.29, 0.717) is 42.8 Å². The van der Waals surface area contributed by atoms with Crippen LogP contribution in [-0.2, 0) is 45.3 Å². The second-order valence-corrected chi connectivity index (χ2v) is 17.2. The summed E-state index contributed by atoms with van der Waals surface area (Å²) >= 11 is 1.00. The molecule has 2 unspecified atom stereocenters. The van der Waals surface area contributed by atoms with Gasteiger partial charge in [-0.05, 0) is 50.8 Å². The Bertz CT molecular complexity index is 1670. The van der Waals surface area contributed by atoms with Crippen LogP contribution in [0.1, 0.15) is 55.3 Å². The number of fused-ring (bicyclic) bond motifs is 1. The van der Waals surface area contributed by atoms with Gasteiger partial charge >= 0.3 is 6.18 Å². The number of aromatic nitrogens is 2. The number of nitrogens with one attached hydrogen (secondary N) is 2. The van der Waals surface area contributed by atoms with Gasteiger partial charge in [0.15, 0.2) is 0 Å². The Balaban J connectivity index is 1.18. The number of sulfonamides is 1. The van der Waals surface area contributed by atoms with E-state index in [2.05, 4.69) is 15.5 Å². The molecule has 2 amide bonds. The van der Waals surface area contributed by atoms with Gasteiger partial charge in [-0.15, -0.1) is 11.8 Å². The van der Waals surface area contributed by atoms with Gasteiger partial charge in [0.05, 0.1) is 36.1 Å². The van der Waals surface area contributed by atoms with Crippen molar-refractivity contribution in [2.75, 3.05) is 64.4 Å². The van der Waals surface area contributed by atoms with Gasteiger partial charge in [-0.3, -0.25) is 14.3 Å². The van der Waals surface area contributed by atoms with Crippen molar-refractivity contribution < 1.29 is 36.3 Å². The topological polar surface area (TPSA) is 140 Å². The molecule has 3 saturated heterocycles. The normalized spacial score (nSPS) is 21.9. The van der Waals surface area contributed by atoms with E-state index in [1.165, 1.54) is 16.4 Å². The van der Waals surface area contributed by atoms with Crippen LogP contribution in [-0.4, -0.2) is 126 Å². The Hall–Kier alpha value is -2.70. The third-order valence-electron chi connectivity index (χ3n) is 10.4. The number of halogens is 3. The number of thioether (sulfide) groups is 1. The summed E-state index contributed by atoms with van der Waals surface area (Å²) in [7, 11) is -3.55. The highest BCUT2D eigenvalue weighted by Crippen LogP contribution is 2.40. The Morgan fingerprint density at radius 1 is 1.12 bits per heavy atom. The fraction of sp³-hybridized carbons (Fsp3) is 0.676. The summed E-state index contributed by atoms with van der Waals surface area (Å²) in [6.07, 6.45) is 0.960. The largest absolute Gasteiger partial charge is 0.417 e. The molecule has 4 aliphatic rings. The van der Waals surface area contributed by atoms with Gasteiger partial charge in [0.25, 0.3) is 0 Å². The van der Waals surface area contributed by atoms with Gasteiger partial charge in [0.1, 0.15) is 0 Å². The number of hydrogen-bond acceptors (Lipinski definition) is 9. The maximum atomic E-state index is 14.1. The molecule has 3 N–H and O–H groups in total. The number of aliphatic hydroxyl groups is 1. The van der Waals surface area contributed by atoms with Crippen molar-refractivity contribution in [3.63, 3.8) is 0 Å². The van der Waals surface area contributed by atoms with Crippen molar-refractivity contribution in [1.29, 1.82) is 0 Å². The first-order valence-electron chi connectivity index (χ1n) is 17.8. The molecule has 3 fully saturated rings. The van der Waals surface area contributed by atoms with E-state index < -0.39 is 27.9 Å².